The zero-order chi connectivity index (χ0) is 21.0. The zero-order valence-electron chi connectivity index (χ0n) is 17.2. The Morgan fingerprint density at radius 3 is 2.73 bits per heavy atom. The van der Waals surface area contributed by atoms with Crippen molar-refractivity contribution in [1.82, 2.24) is 4.90 Å². The number of nitrogens with zero attached hydrogens (tertiary/aromatic N) is 2. The average Bonchev–Trinajstić information content (AvgIpc) is 3.38. The summed E-state index contributed by atoms with van der Waals surface area (Å²) in [4.78, 5) is 43.0. The van der Waals surface area contributed by atoms with Crippen molar-refractivity contribution >= 4 is 29.0 Å². The van der Waals surface area contributed by atoms with Crippen LogP contribution in [0.4, 0.5) is 11.4 Å². The van der Waals surface area contributed by atoms with E-state index in [1.807, 2.05) is 24.3 Å². The van der Waals surface area contributed by atoms with Crippen molar-refractivity contribution in [3.8, 4) is 0 Å². The molecule has 1 spiro atoms. The summed E-state index contributed by atoms with van der Waals surface area (Å²) in [7, 11) is 1.80. The number of para-hydroxylation sites is 1. The Bertz CT molecular complexity index is 1070. The first-order valence-electron chi connectivity index (χ1n) is 10.5. The molecule has 2 saturated heterocycles. The van der Waals surface area contributed by atoms with Gasteiger partial charge in [-0.1, -0.05) is 30.3 Å². The minimum absolute atomic E-state index is 0.0225. The molecule has 0 aliphatic carbocycles. The Labute approximate surface area is 175 Å². The van der Waals surface area contributed by atoms with E-state index < -0.39 is 11.5 Å². The van der Waals surface area contributed by atoms with Crippen molar-refractivity contribution in [2.24, 2.45) is 5.92 Å². The number of nitrogens with one attached hydrogen (secondary N) is 1. The molecule has 5 rings (SSSR count). The lowest BCUT2D eigenvalue weighted by atomic mass is 9.78. The molecule has 30 heavy (non-hydrogen) atoms. The van der Waals surface area contributed by atoms with E-state index in [1.165, 1.54) is 6.92 Å². The van der Waals surface area contributed by atoms with Crippen LogP contribution in [0.2, 0.25) is 0 Å². The third-order valence-electron chi connectivity index (χ3n) is 7.00. The Kier molecular flexibility index (Phi) is 4.29. The molecule has 2 aromatic rings. The first-order valence-corrected chi connectivity index (χ1v) is 10.5. The number of anilines is 2. The van der Waals surface area contributed by atoms with Crippen LogP contribution in [0.5, 0.6) is 0 Å². The van der Waals surface area contributed by atoms with Gasteiger partial charge in [-0.3, -0.25) is 19.3 Å². The second-order valence-electron chi connectivity index (χ2n) is 8.55. The third kappa shape index (κ3) is 2.50. The topological polar surface area (TPSA) is 69.7 Å². The van der Waals surface area contributed by atoms with E-state index in [-0.39, 0.29) is 23.6 Å². The number of likely N-dealkylation sites (N-methyl/N-ethyl adjacent to an activating group) is 1. The van der Waals surface area contributed by atoms with Gasteiger partial charge in [0.1, 0.15) is 5.54 Å². The highest BCUT2D eigenvalue weighted by atomic mass is 16.2. The lowest BCUT2D eigenvalue weighted by molar-refractivity contribution is -0.136. The van der Waals surface area contributed by atoms with Crippen LogP contribution in [-0.2, 0) is 15.1 Å². The summed E-state index contributed by atoms with van der Waals surface area (Å²) < 4.78 is 0. The summed E-state index contributed by atoms with van der Waals surface area (Å²) in [5.41, 5.74) is 2.00. The molecule has 3 heterocycles. The number of ketones is 1. The van der Waals surface area contributed by atoms with Gasteiger partial charge in [0.15, 0.2) is 5.78 Å². The van der Waals surface area contributed by atoms with Gasteiger partial charge in [0.25, 0.3) is 5.91 Å². The van der Waals surface area contributed by atoms with Gasteiger partial charge < -0.3 is 10.2 Å². The number of carbonyl (C=O) groups is 3. The van der Waals surface area contributed by atoms with Crippen LogP contribution in [0, 0.1) is 5.92 Å². The third-order valence-corrected chi connectivity index (χ3v) is 7.00. The predicted molar refractivity (Wildman–Crippen MR) is 114 cm³/mol. The van der Waals surface area contributed by atoms with Gasteiger partial charge in [-0.25, -0.2) is 0 Å². The molecule has 2 fully saturated rings. The van der Waals surface area contributed by atoms with Crippen LogP contribution in [-0.4, -0.2) is 42.1 Å². The number of hydrogen-bond donors (Lipinski definition) is 1. The lowest BCUT2D eigenvalue weighted by Crippen LogP contribution is -2.55. The van der Waals surface area contributed by atoms with Crippen LogP contribution in [0.25, 0.3) is 0 Å². The number of amides is 2. The Hall–Kier alpha value is -2.99. The molecule has 0 saturated carbocycles. The van der Waals surface area contributed by atoms with Gasteiger partial charge in [0.2, 0.25) is 5.91 Å². The molecule has 0 unspecified atom stereocenters. The van der Waals surface area contributed by atoms with Crippen LogP contribution in [0.15, 0.2) is 48.5 Å². The van der Waals surface area contributed by atoms with Gasteiger partial charge in [-0.2, -0.15) is 0 Å². The molecular formula is C24H25N3O3. The van der Waals surface area contributed by atoms with E-state index in [2.05, 4.69) is 10.2 Å². The first kappa shape index (κ1) is 19.0. The standard InChI is InChI=1S/C24H25N3O3/c1-15(28)16-7-5-8-17(13-16)25-22(29)20-14-18-9-6-12-27(18)24(20)19-10-3-4-11-21(19)26(2)23(24)30/h3-5,7-8,10-11,13,18,20H,6,9,12,14H2,1-2H3,(H,25,29)/t18-,20-,24-/m0/s1. The second-order valence-corrected chi connectivity index (χ2v) is 8.55. The number of Topliss-reactive ketones (excluding diaryl/α,β-unsaturated/α-hetero) is 1. The highest BCUT2D eigenvalue weighted by molar-refractivity contribution is 6.12. The van der Waals surface area contributed by atoms with Gasteiger partial charge in [0, 0.05) is 35.6 Å². The maximum Gasteiger partial charge on any atom is 0.252 e. The fourth-order valence-electron chi connectivity index (χ4n) is 5.71. The van der Waals surface area contributed by atoms with Crippen molar-refractivity contribution in [1.29, 1.82) is 0 Å². The maximum absolute atomic E-state index is 13.7. The minimum atomic E-state index is -0.950. The second kappa shape index (κ2) is 6.77. The van der Waals surface area contributed by atoms with Gasteiger partial charge in [0.05, 0.1) is 5.92 Å². The largest absolute Gasteiger partial charge is 0.326 e. The smallest absolute Gasteiger partial charge is 0.252 e. The van der Waals surface area contributed by atoms with Crippen molar-refractivity contribution < 1.29 is 14.4 Å². The van der Waals surface area contributed by atoms with Crippen LogP contribution in [0.3, 0.4) is 0 Å². The molecular weight excluding hydrogens is 378 g/mol. The number of fused-ring (bicyclic) bond motifs is 4. The molecule has 6 nitrogen and oxygen atoms in total. The molecule has 6 heteroatoms. The van der Waals surface area contributed by atoms with E-state index in [9.17, 15) is 14.4 Å². The van der Waals surface area contributed by atoms with E-state index in [4.69, 9.17) is 0 Å². The molecule has 2 amide bonds. The monoisotopic (exact) mass is 403 g/mol. The molecule has 3 atom stereocenters. The number of hydrogen-bond acceptors (Lipinski definition) is 4. The van der Waals surface area contributed by atoms with E-state index in [0.29, 0.717) is 17.7 Å². The van der Waals surface area contributed by atoms with Crippen molar-refractivity contribution in [2.75, 3.05) is 23.8 Å². The van der Waals surface area contributed by atoms with Crippen molar-refractivity contribution in [3.63, 3.8) is 0 Å². The molecule has 3 aliphatic rings. The highest BCUT2D eigenvalue weighted by Gasteiger charge is 2.66. The van der Waals surface area contributed by atoms with E-state index in [0.717, 1.165) is 30.6 Å². The number of rotatable bonds is 3. The fraction of sp³-hybridized carbons (Fsp3) is 0.375. The zero-order valence-corrected chi connectivity index (χ0v) is 17.2. The maximum atomic E-state index is 13.7. The normalized spacial score (nSPS) is 27.4. The summed E-state index contributed by atoms with van der Waals surface area (Å²) in [5, 5.41) is 3.00. The fourth-order valence-corrected chi connectivity index (χ4v) is 5.71. The quantitative estimate of drug-likeness (QED) is 0.799. The minimum Gasteiger partial charge on any atom is -0.326 e. The number of benzene rings is 2. The van der Waals surface area contributed by atoms with Gasteiger partial charge in [-0.05, 0) is 50.9 Å². The van der Waals surface area contributed by atoms with Gasteiger partial charge in [-0.15, -0.1) is 0 Å². The summed E-state index contributed by atoms with van der Waals surface area (Å²) in [5.74, 6) is -0.720. The predicted octanol–water partition coefficient (Wildman–Crippen LogP) is 3.18. The first-order chi connectivity index (χ1) is 14.4. The van der Waals surface area contributed by atoms with Crippen molar-refractivity contribution in [3.05, 3.63) is 59.7 Å². The summed E-state index contributed by atoms with van der Waals surface area (Å²) in [6.45, 7) is 2.33. The molecule has 3 aliphatic heterocycles. The molecule has 2 aromatic carbocycles. The molecule has 0 aromatic heterocycles. The van der Waals surface area contributed by atoms with E-state index in [1.54, 1.807) is 36.2 Å². The van der Waals surface area contributed by atoms with Crippen LogP contribution in [0.1, 0.15) is 42.1 Å². The SMILES string of the molecule is CC(=O)c1cccc(NC(=O)[C@@H]2C[C@@H]3CCCN3[C@]23C(=O)N(C)c2ccccc23)c1. The number of carbonyl (C=O) groups excluding carboxylic acids is 3. The van der Waals surface area contributed by atoms with Crippen molar-refractivity contribution in [2.45, 2.75) is 37.8 Å². The lowest BCUT2D eigenvalue weighted by Gasteiger charge is -2.37. The highest BCUT2D eigenvalue weighted by Crippen LogP contribution is 2.56. The molecule has 154 valence electrons. The molecule has 0 bridgehead atoms. The summed E-state index contributed by atoms with van der Waals surface area (Å²) in [6, 6.07) is 15.0. The van der Waals surface area contributed by atoms with Crippen LogP contribution < -0.4 is 10.2 Å². The van der Waals surface area contributed by atoms with E-state index >= 15 is 0 Å². The molecule has 0 radical (unpaired) electrons. The average molecular weight is 403 g/mol. The van der Waals surface area contributed by atoms with Crippen LogP contribution >= 0.6 is 0 Å². The molecule has 1 N–H and O–H groups in total. The Morgan fingerprint density at radius 2 is 1.93 bits per heavy atom. The summed E-state index contributed by atoms with van der Waals surface area (Å²) >= 11 is 0. The summed E-state index contributed by atoms with van der Waals surface area (Å²) in [6.07, 6.45) is 2.71. The Morgan fingerprint density at radius 1 is 1.13 bits per heavy atom. The Balaban J connectivity index is 1.56. The van der Waals surface area contributed by atoms with Gasteiger partial charge >= 0.3 is 0 Å².